The molecule has 0 aliphatic carbocycles. The summed E-state index contributed by atoms with van der Waals surface area (Å²) in [4.78, 5) is 14.8. The third-order valence-corrected chi connectivity index (χ3v) is 5.33. The molecule has 1 aromatic heterocycles. The Hall–Kier alpha value is -2.14. The van der Waals surface area contributed by atoms with E-state index in [9.17, 15) is 4.79 Å². The Balaban J connectivity index is 1.66. The maximum Gasteiger partial charge on any atom is 0.244 e. The maximum absolute atomic E-state index is 12.8. The van der Waals surface area contributed by atoms with E-state index in [1.165, 1.54) is 11.1 Å². The fraction of sp³-hybridized carbons (Fsp3) is 0.524. The molecular weight excluding hydrogens is 326 g/mol. The summed E-state index contributed by atoms with van der Waals surface area (Å²) in [5.41, 5.74) is 4.54. The van der Waals surface area contributed by atoms with E-state index in [1.54, 1.807) is 11.8 Å². The highest BCUT2D eigenvalue weighted by Gasteiger charge is 2.31. The van der Waals surface area contributed by atoms with Crippen LogP contribution >= 0.6 is 0 Å². The number of hydrogen-bond acceptors (Lipinski definition) is 3. The molecule has 1 aliphatic rings. The minimum absolute atomic E-state index is 0.139. The number of aromatic nitrogens is 2. The molecule has 2 heterocycles. The van der Waals surface area contributed by atoms with Gasteiger partial charge in [0.2, 0.25) is 5.91 Å². The number of methoxy groups -OCH3 is 1. The summed E-state index contributed by atoms with van der Waals surface area (Å²) in [5, 5.41) is 4.42. The van der Waals surface area contributed by atoms with Crippen molar-refractivity contribution in [3.63, 3.8) is 0 Å². The zero-order chi connectivity index (χ0) is 18.7. The lowest BCUT2D eigenvalue weighted by molar-refractivity contribution is -0.136. The fourth-order valence-corrected chi connectivity index (χ4v) is 3.83. The summed E-state index contributed by atoms with van der Waals surface area (Å²) in [6.07, 6.45) is 2.02. The average Bonchev–Trinajstić information content (AvgIpc) is 2.94. The molecule has 0 radical (unpaired) electrons. The van der Waals surface area contributed by atoms with Gasteiger partial charge in [0.05, 0.1) is 11.8 Å². The lowest BCUT2D eigenvalue weighted by atomic mass is 9.88. The molecule has 1 amide bonds. The van der Waals surface area contributed by atoms with Gasteiger partial charge in [0, 0.05) is 31.8 Å². The lowest BCUT2D eigenvalue weighted by Crippen LogP contribution is -2.48. The zero-order valence-corrected chi connectivity index (χ0v) is 16.2. The SMILES string of the molecule is CO[C@@H]1CCN(C(=O)Cn2nc(C)cc2C)C[C@H]1Cc1ccc(C)cc1. The molecule has 1 fully saturated rings. The quantitative estimate of drug-likeness (QED) is 0.828. The summed E-state index contributed by atoms with van der Waals surface area (Å²) in [7, 11) is 1.78. The molecule has 0 saturated carbocycles. The van der Waals surface area contributed by atoms with E-state index < -0.39 is 0 Å². The normalized spacial score (nSPS) is 20.4. The molecular formula is C21H29N3O2. The third kappa shape index (κ3) is 4.33. The Morgan fingerprint density at radius 1 is 1.23 bits per heavy atom. The second kappa shape index (κ2) is 8.04. The van der Waals surface area contributed by atoms with Crippen LogP contribution in [0.1, 0.15) is 28.9 Å². The van der Waals surface area contributed by atoms with Gasteiger partial charge in [-0.05, 0) is 45.2 Å². The van der Waals surface area contributed by atoms with Gasteiger partial charge < -0.3 is 9.64 Å². The van der Waals surface area contributed by atoms with Crippen molar-refractivity contribution < 1.29 is 9.53 Å². The van der Waals surface area contributed by atoms with E-state index in [-0.39, 0.29) is 12.0 Å². The number of hydrogen-bond donors (Lipinski definition) is 0. The van der Waals surface area contributed by atoms with Gasteiger partial charge in [-0.2, -0.15) is 5.10 Å². The van der Waals surface area contributed by atoms with E-state index >= 15 is 0 Å². The molecule has 1 aliphatic heterocycles. The maximum atomic E-state index is 12.8. The molecule has 1 aromatic carbocycles. The number of piperidine rings is 1. The van der Waals surface area contributed by atoms with Gasteiger partial charge in [-0.3, -0.25) is 9.48 Å². The molecule has 2 aromatic rings. The second-order valence-electron chi connectivity index (χ2n) is 7.44. The van der Waals surface area contributed by atoms with E-state index in [0.717, 1.165) is 37.3 Å². The van der Waals surface area contributed by atoms with Gasteiger partial charge in [0.15, 0.2) is 0 Å². The third-order valence-electron chi connectivity index (χ3n) is 5.33. The van der Waals surface area contributed by atoms with Crippen LogP contribution in [0.25, 0.3) is 0 Å². The van der Waals surface area contributed by atoms with Crippen molar-refractivity contribution in [1.82, 2.24) is 14.7 Å². The summed E-state index contributed by atoms with van der Waals surface area (Å²) < 4.78 is 7.51. The topological polar surface area (TPSA) is 47.4 Å². The van der Waals surface area contributed by atoms with Gasteiger partial charge in [0.1, 0.15) is 6.54 Å². The number of nitrogens with zero attached hydrogens (tertiary/aromatic N) is 3. The Bertz CT molecular complexity index is 751. The fourth-order valence-electron chi connectivity index (χ4n) is 3.83. The molecule has 5 nitrogen and oxygen atoms in total. The Morgan fingerprint density at radius 2 is 1.96 bits per heavy atom. The molecule has 0 spiro atoms. The number of carbonyl (C=O) groups excluding carboxylic acids is 1. The van der Waals surface area contributed by atoms with Crippen LogP contribution in [0.5, 0.6) is 0 Å². The predicted octanol–water partition coefficient (Wildman–Crippen LogP) is 2.91. The average molecular weight is 355 g/mol. The van der Waals surface area contributed by atoms with Gasteiger partial charge in [-0.25, -0.2) is 0 Å². The first-order chi connectivity index (χ1) is 12.5. The minimum atomic E-state index is 0.139. The van der Waals surface area contributed by atoms with E-state index in [1.807, 2.05) is 24.8 Å². The Kier molecular flexibility index (Phi) is 5.77. The van der Waals surface area contributed by atoms with Crippen molar-refractivity contribution in [2.45, 2.75) is 46.3 Å². The van der Waals surface area contributed by atoms with Crippen LogP contribution in [-0.2, 0) is 22.5 Å². The Labute approximate surface area is 156 Å². The number of ether oxygens (including phenoxy) is 1. The number of carbonyl (C=O) groups is 1. The molecule has 0 unspecified atom stereocenters. The first-order valence-corrected chi connectivity index (χ1v) is 9.33. The summed E-state index contributed by atoms with van der Waals surface area (Å²) >= 11 is 0. The highest BCUT2D eigenvalue weighted by Crippen LogP contribution is 2.24. The largest absolute Gasteiger partial charge is 0.381 e. The highest BCUT2D eigenvalue weighted by molar-refractivity contribution is 5.76. The molecule has 140 valence electrons. The van der Waals surface area contributed by atoms with Crippen molar-refractivity contribution in [1.29, 1.82) is 0 Å². The van der Waals surface area contributed by atoms with E-state index in [2.05, 4.69) is 36.3 Å². The molecule has 0 N–H and O–H groups in total. The number of amides is 1. The molecule has 5 heteroatoms. The van der Waals surface area contributed by atoms with Gasteiger partial charge in [0.25, 0.3) is 0 Å². The minimum Gasteiger partial charge on any atom is -0.381 e. The molecule has 3 rings (SSSR count). The van der Waals surface area contributed by atoms with Crippen molar-refractivity contribution in [2.24, 2.45) is 5.92 Å². The van der Waals surface area contributed by atoms with Crippen molar-refractivity contribution >= 4 is 5.91 Å². The first-order valence-electron chi connectivity index (χ1n) is 9.33. The van der Waals surface area contributed by atoms with Gasteiger partial charge in [-0.15, -0.1) is 0 Å². The predicted molar refractivity (Wildman–Crippen MR) is 102 cm³/mol. The highest BCUT2D eigenvalue weighted by atomic mass is 16.5. The first kappa shape index (κ1) is 18.6. The Morgan fingerprint density at radius 3 is 2.58 bits per heavy atom. The standard InChI is InChI=1S/C21H29N3O2/c1-15-5-7-18(8-6-15)12-19-13-23(10-9-20(19)26-4)21(25)14-24-17(3)11-16(2)22-24/h5-8,11,19-20H,9-10,12-14H2,1-4H3/t19-,20-/m1/s1. The van der Waals surface area contributed by atoms with Crippen LogP contribution in [0.2, 0.25) is 0 Å². The molecule has 2 atom stereocenters. The summed E-state index contributed by atoms with van der Waals surface area (Å²) in [6, 6.07) is 10.7. The summed E-state index contributed by atoms with van der Waals surface area (Å²) in [5.74, 6) is 0.459. The van der Waals surface area contributed by atoms with Crippen LogP contribution in [0.15, 0.2) is 30.3 Å². The second-order valence-corrected chi connectivity index (χ2v) is 7.44. The summed E-state index contributed by atoms with van der Waals surface area (Å²) in [6.45, 7) is 7.85. The van der Waals surface area contributed by atoms with Crippen LogP contribution in [-0.4, -0.2) is 46.9 Å². The molecule has 26 heavy (non-hydrogen) atoms. The van der Waals surface area contributed by atoms with Crippen molar-refractivity contribution in [2.75, 3.05) is 20.2 Å². The number of likely N-dealkylation sites (tertiary alicyclic amines) is 1. The number of benzene rings is 1. The number of rotatable bonds is 5. The van der Waals surface area contributed by atoms with Gasteiger partial charge >= 0.3 is 0 Å². The lowest BCUT2D eigenvalue weighted by Gasteiger charge is -2.38. The number of aryl methyl sites for hydroxylation is 3. The van der Waals surface area contributed by atoms with Crippen molar-refractivity contribution in [3.05, 3.63) is 52.8 Å². The van der Waals surface area contributed by atoms with E-state index in [0.29, 0.717) is 12.5 Å². The van der Waals surface area contributed by atoms with Crippen LogP contribution in [0.3, 0.4) is 0 Å². The van der Waals surface area contributed by atoms with Crippen LogP contribution in [0.4, 0.5) is 0 Å². The van der Waals surface area contributed by atoms with Crippen molar-refractivity contribution in [3.8, 4) is 0 Å². The van der Waals surface area contributed by atoms with Gasteiger partial charge in [-0.1, -0.05) is 29.8 Å². The monoisotopic (exact) mass is 355 g/mol. The van der Waals surface area contributed by atoms with Crippen LogP contribution in [0, 0.1) is 26.7 Å². The van der Waals surface area contributed by atoms with Crippen LogP contribution < -0.4 is 0 Å². The van der Waals surface area contributed by atoms with E-state index in [4.69, 9.17) is 4.74 Å². The molecule has 1 saturated heterocycles. The molecule has 0 bridgehead atoms. The smallest absolute Gasteiger partial charge is 0.244 e. The zero-order valence-electron chi connectivity index (χ0n) is 16.2.